The van der Waals surface area contributed by atoms with E-state index in [0.717, 1.165) is 5.56 Å². The van der Waals surface area contributed by atoms with E-state index in [1.165, 1.54) is 15.9 Å². The van der Waals surface area contributed by atoms with Gasteiger partial charge in [0, 0.05) is 38.8 Å². The summed E-state index contributed by atoms with van der Waals surface area (Å²) in [7, 11) is 5.00. The zero-order valence-electron chi connectivity index (χ0n) is 15.5. The first-order chi connectivity index (χ1) is 12.9. The van der Waals surface area contributed by atoms with Crippen molar-refractivity contribution in [3.8, 4) is 0 Å². The normalized spacial score (nSPS) is 13.6. The molecule has 0 unspecified atom stereocenters. The molecule has 0 atom stereocenters. The maximum absolute atomic E-state index is 14.4. The Labute approximate surface area is 157 Å². The van der Waals surface area contributed by atoms with Gasteiger partial charge in [0.2, 0.25) is 5.91 Å². The minimum absolute atomic E-state index is 0.0540. The third kappa shape index (κ3) is 3.81. The van der Waals surface area contributed by atoms with Crippen molar-refractivity contribution in [1.29, 1.82) is 0 Å². The number of hydrogen-bond donors (Lipinski definition) is 1. The molecule has 140 valence electrons. The van der Waals surface area contributed by atoms with Gasteiger partial charge in [0.05, 0.1) is 11.4 Å². The number of carbonyl (C=O) groups excluding carboxylic acids is 2. The van der Waals surface area contributed by atoms with E-state index >= 15 is 0 Å². The van der Waals surface area contributed by atoms with Gasteiger partial charge in [-0.1, -0.05) is 18.2 Å². The molecule has 1 N–H and O–H groups in total. The van der Waals surface area contributed by atoms with Crippen molar-refractivity contribution < 1.29 is 14.0 Å². The van der Waals surface area contributed by atoms with E-state index in [1.54, 1.807) is 45.4 Å². The molecular weight excluding hydrogens is 347 g/mol. The van der Waals surface area contributed by atoms with Gasteiger partial charge in [0.1, 0.15) is 12.4 Å². The quantitative estimate of drug-likeness (QED) is 0.904. The Bertz CT molecular complexity index is 924. The Morgan fingerprint density at radius 2 is 1.96 bits per heavy atom. The summed E-state index contributed by atoms with van der Waals surface area (Å²) in [6.07, 6.45) is 0. The largest absolute Gasteiger partial charge is 0.334 e. The highest BCUT2D eigenvalue weighted by atomic mass is 19.1. The predicted octanol–water partition coefficient (Wildman–Crippen LogP) is 2.41. The monoisotopic (exact) mass is 368 g/mol. The number of nitrogens with zero attached hydrogens (tertiary/aromatic N) is 3. The molecule has 0 saturated heterocycles. The molecule has 2 aromatic rings. The van der Waals surface area contributed by atoms with E-state index in [-0.39, 0.29) is 18.5 Å². The van der Waals surface area contributed by atoms with Crippen molar-refractivity contribution in [1.82, 2.24) is 10.2 Å². The Balaban J connectivity index is 2.04. The second-order valence-electron chi connectivity index (χ2n) is 6.50. The van der Waals surface area contributed by atoms with Gasteiger partial charge in [0.15, 0.2) is 0 Å². The minimum atomic E-state index is -0.398. The lowest BCUT2D eigenvalue weighted by atomic mass is 9.97. The summed E-state index contributed by atoms with van der Waals surface area (Å²) in [6, 6.07) is 11.6. The Hall–Kier alpha value is -3.22. The SMILES string of the molecule is CN(C)C(=O)NCc1ccc2c(c1)C(c1ccccc1F)=NCC(=O)N2C. The van der Waals surface area contributed by atoms with Crippen molar-refractivity contribution in [2.75, 3.05) is 32.6 Å². The molecule has 0 radical (unpaired) electrons. The molecule has 3 amide bonds. The van der Waals surface area contributed by atoms with Gasteiger partial charge in [0.25, 0.3) is 0 Å². The number of carbonyl (C=O) groups is 2. The number of aliphatic imine (C=N–C) groups is 1. The maximum Gasteiger partial charge on any atom is 0.317 e. The number of benzodiazepines with no additional fused rings is 1. The summed E-state index contributed by atoms with van der Waals surface area (Å²) in [5.74, 6) is -0.568. The van der Waals surface area contributed by atoms with Crippen LogP contribution in [0.1, 0.15) is 16.7 Å². The number of nitrogens with one attached hydrogen (secondary N) is 1. The molecule has 1 aliphatic rings. The molecule has 27 heavy (non-hydrogen) atoms. The van der Waals surface area contributed by atoms with Crippen LogP contribution in [0.25, 0.3) is 0 Å². The number of anilines is 1. The van der Waals surface area contributed by atoms with Gasteiger partial charge in [-0.3, -0.25) is 9.79 Å². The first-order valence-electron chi connectivity index (χ1n) is 8.53. The van der Waals surface area contributed by atoms with Gasteiger partial charge in [-0.05, 0) is 29.8 Å². The predicted molar refractivity (Wildman–Crippen MR) is 103 cm³/mol. The molecule has 0 fully saturated rings. The third-order valence-corrected chi connectivity index (χ3v) is 4.40. The zero-order chi connectivity index (χ0) is 19.6. The van der Waals surface area contributed by atoms with Crippen LogP contribution in [-0.4, -0.2) is 50.2 Å². The number of fused-ring (bicyclic) bond motifs is 1. The molecule has 1 aliphatic heterocycles. The molecule has 2 aromatic carbocycles. The molecule has 0 saturated carbocycles. The number of amides is 3. The van der Waals surface area contributed by atoms with Crippen molar-refractivity contribution in [2.24, 2.45) is 4.99 Å². The molecule has 1 heterocycles. The standard InChI is InChI=1S/C20H21FN4O2/c1-24(2)20(27)23-11-13-8-9-17-15(10-13)19(22-12-18(26)25(17)3)14-6-4-5-7-16(14)21/h4-10H,11-12H2,1-3H3,(H,23,27). The highest BCUT2D eigenvalue weighted by molar-refractivity contribution is 6.19. The molecule has 7 heteroatoms. The molecular formula is C20H21FN4O2. The van der Waals surface area contributed by atoms with E-state index in [9.17, 15) is 14.0 Å². The van der Waals surface area contributed by atoms with Crippen molar-refractivity contribution >= 4 is 23.3 Å². The Morgan fingerprint density at radius 1 is 1.22 bits per heavy atom. The van der Waals surface area contributed by atoms with E-state index in [1.807, 2.05) is 12.1 Å². The van der Waals surface area contributed by atoms with Crippen LogP contribution >= 0.6 is 0 Å². The lowest BCUT2D eigenvalue weighted by Gasteiger charge is -2.19. The van der Waals surface area contributed by atoms with Crippen molar-refractivity contribution in [2.45, 2.75) is 6.54 Å². The first kappa shape index (κ1) is 18.6. The summed E-state index contributed by atoms with van der Waals surface area (Å²) in [5.41, 5.74) is 2.92. The van der Waals surface area contributed by atoms with Gasteiger partial charge in [-0.15, -0.1) is 0 Å². The first-order valence-corrected chi connectivity index (χ1v) is 8.53. The second kappa shape index (κ2) is 7.57. The molecule has 0 aromatic heterocycles. The number of likely N-dealkylation sites (N-methyl/N-ethyl adjacent to an activating group) is 1. The summed E-state index contributed by atoms with van der Waals surface area (Å²) >= 11 is 0. The summed E-state index contributed by atoms with van der Waals surface area (Å²) < 4.78 is 14.4. The Kier molecular flexibility index (Phi) is 5.21. The van der Waals surface area contributed by atoms with E-state index < -0.39 is 5.82 Å². The number of benzene rings is 2. The van der Waals surface area contributed by atoms with Crippen LogP contribution in [0.4, 0.5) is 14.9 Å². The van der Waals surface area contributed by atoms with Crippen LogP contribution in [0.3, 0.4) is 0 Å². The van der Waals surface area contributed by atoms with Crippen molar-refractivity contribution in [3.05, 3.63) is 65.0 Å². The molecule has 0 bridgehead atoms. The van der Waals surface area contributed by atoms with Crippen LogP contribution in [-0.2, 0) is 11.3 Å². The van der Waals surface area contributed by atoms with Gasteiger partial charge in [-0.2, -0.15) is 0 Å². The molecule has 0 aliphatic carbocycles. The number of rotatable bonds is 3. The minimum Gasteiger partial charge on any atom is -0.334 e. The van der Waals surface area contributed by atoms with Gasteiger partial charge < -0.3 is 15.1 Å². The fraction of sp³-hybridized carbons (Fsp3) is 0.250. The fourth-order valence-electron chi connectivity index (χ4n) is 2.87. The van der Waals surface area contributed by atoms with E-state index in [4.69, 9.17) is 0 Å². The summed E-state index contributed by atoms with van der Waals surface area (Å²) in [6.45, 7) is 0.258. The average Bonchev–Trinajstić information content (AvgIpc) is 2.77. The van der Waals surface area contributed by atoms with Gasteiger partial charge >= 0.3 is 6.03 Å². The van der Waals surface area contributed by atoms with Crippen LogP contribution in [0.2, 0.25) is 0 Å². The number of urea groups is 1. The van der Waals surface area contributed by atoms with Crippen molar-refractivity contribution in [3.63, 3.8) is 0 Å². The highest BCUT2D eigenvalue weighted by Gasteiger charge is 2.24. The summed E-state index contributed by atoms with van der Waals surface area (Å²) in [5, 5.41) is 2.80. The zero-order valence-corrected chi connectivity index (χ0v) is 15.5. The lowest BCUT2D eigenvalue weighted by Crippen LogP contribution is -2.34. The number of hydrogen-bond acceptors (Lipinski definition) is 3. The second-order valence-corrected chi connectivity index (χ2v) is 6.50. The fourth-order valence-corrected chi connectivity index (χ4v) is 2.87. The van der Waals surface area contributed by atoms with Crippen LogP contribution in [0.5, 0.6) is 0 Å². The van der Waals surface area contributed by atoms with E-state index in [0.29, 0.717) is 29.1 Å². The molecule has 0 spiro atoms. The number of halogens is 1. The molecule has 3 rings (SSSR count). The average molecular weight is 368 g/mol. The summed E-state index contributed by atoms with van der Waals surface area (Å²) in [4.78, 5) is 31.4. The third-order valence-electron chi connectivity index (χ3n) is 4.40. The lowest BCUT2D eigenvalue weighted by molar-refractivity contribution is -0.116. The maximum atomic E-state index is 14.4. The van der Waals surface area contributed by atoms with Gasteiger partial charge in [-0.25, -0.2) is 9.18 Å². The highest BCUT2D eigenvalue weighted by Crippen LogP contribution is 2.28. The topological polar surface area (TPSA) is 65.0 Å². The van der Waals surface area contributed by atoms with Crippen LogP contribution < -0.4 is 10.2 Å². The van der Waals surface area contributed by atoms with Crippen LogP contribution in [0, 0.1) is 5.82 Å². The smallest absolute Gasteiger partial charge is 0.317 e. The molecule has 6 nitrogen and oxygen atoms in total. The Morgan fingerprint density at radius 3 is 2.67 bits per heavy atom. The van der Waals surface area contributed by atoms with Crippen LogP contribution in [0.15, 0.2) is 47.5 Å². The van der Waals surface area contributed by atoms with E-state index in [2.05, 4.69) is 10.3 Å².